The summed E-state index contributed by atoms with van der Waals surface area (Å²) in [6, 6.07) is 19.6. The molecule has 1 heterocycles. The predicted octanol–water partition coefficient (Wildman–Crippen LogP) is 4.82. The van der Waals surface area contributed by atoms with Gasteiger partial charge in [-0.3, -0.25) is 0 Å². The number of furan rings is 1. The summed E-state index contributed by atoms with van der Waals surface area (Å²) >= 11 is 0. The SMILES string of the molecule is C#Cc1ccc(-c2ccc(C)o2)cc1OCc1ccccc1. The van der Waals surface area contributed by atoms with E-state index in [9.17, 15) is 0 Å². The van der Waals surface area contributed by atoms with Gasteiger partial charge in [-0.1, -0.05) is 36.3 Å². The first-order valence-corrected chi connectivity index (χ1v) is 7.10. The van der Waals surface area contributed by atoms with Gasteiger partial charge in [0.05, 0.1) is 5.56 Å². The molecule has 108 valence electrons. The van der Waals surface area contributed by atoms with Crippen molar-refractivity contribution in [3.05, 3.63) is 77.6 Å². The Morgan fingerprint density at radius 1 is 1.05 bits per heavy atom. The fourth-order valence-corrected chi connectivity index (χ4v) is 2.24. The number of benzene rings is 2. The van der Waals surface area contributed by atoms with Crippen LogP contribution >= 0.6 is 0 Å². The van der Waals surface area contributed by atoms with E-state index in [4.69, 9.17) is 15.6 Å². The van der Waals surface area contributed by atoms with Gasteiger partial charge in [0.2, 0.25) is 0 Å². The molecule has 0 aliphatic rings. The van der Waals surface area contributed by atoms with Gasteiger partial charge in [0.1, 0.15) is 23.9 Å². The molecule has 2 nitrogen and oxygen atoms in total. The minimum absolute atomic E-state index is 0.482. The first-order valence-electron chi connectivity index (χ1n) is 7.10. The lowest BCUT2D eigenvalue weighted by molar-refractivity contribution is 0.305. The third-order valence-corrected chi connectivity index (χ3v) is 3.40. The van der Waals surface area contributed by atoms with E-state index in [0.29, 0.717) is 12.4 Å². The van der Waals surface area contributed by atoms with Gasteiger partial charge in [-0.25, -0.2) is 0 Å². The minimum atomic E-state index is 0.482. The molecule has 0 bridgehead atoms. The molecule has 3 aromatic rings. The number of hydrogen-bond donors (Lipinski definition) is 0. The van der Waals surface area contributed by atoms with E-state index in [2.05, 4.69) is 5.92 Å². The van der Waals surface area contributed by atoms with Gasteiger partial charge in [-0.15, -0.1) is 6.42 Å². The number of terminal acetylenes is 1. The molecular formula is C20H16O2. The second-order valence-corrected chi connectivity index (χ2v) is 5.04. The van der Waals surface area contributed by atoms with E-state index in [1.807, 2.05) is 67.6 Å². The van der Waals surface area contributed by atoms with Crippen molar-refractivity contribution in [1.29, 1.82) is 0 Å². The van der Waals surface area contributed by atoms with Gasteiger partial charge in [0.15, 0.2) is 0 Å². The molecule has 0 spiro atoms. The summed E-state index contributed by atoms with van der Waals surface area (Å²) < 4.78 is 11.6. The van der Waals surface area contributed by atoms with Crippen LogP contribution in [0.5, 0.6) is 5.75 Å². The maximum absolute atomic E-state index is 5.90. The summed E-state index contributed by atoms with van der Waals surface area (Å²) in [5.41, 5.74) is 2.79. The smallest absolute Gasteiger partial charge is 0.136 e. The van der Waals surface area contributed by atoms with Crippen molar-refractivity contribution in [2.45, 2.75) is 13.5 Å². The number of aryl methyl sites for hydroxylation is 1. The van der Waals surface area contributed by atoms with Crippen molar-refractivity contribution < 1.29 is 9.15 Å². The number of hydrogen-bond acceptors (Lipinski definition) is 2. The van der Waals surface area contributed by atoms with Crippen LogP contribution in [0.3, 0.4) is 0 Å². The standard InChI is InChI=1S/C20H16O2/c1-3-17-10-11-18(19-12-9-15(2)22-19)13-20(17)21-14-16-7-5-4-6-8-16/h1,4-13H,14H2,2H3. The maximum Gasteiger partial charge on any atom is 0.136 e. The van der Waals surface area contributed by atoms with Crippen LogP contribution in [0.25, 0.3) is 11.3 Å². The molecule has 0 saturated heterocycles. The molecule has 3 rings (SSSR count). The van der Waals surface area contributed by atoms with Crippen molar-refractivity contribution in [1.82, 2.24) is 0 Å². The summed E-state index contributed by atoms with van der Waals surface area (Å²) in [7, 11) is 0. The molecule has 0 aliphatic heterocycles. The maximum atomic E-state index is 5.90. The topological polar surface area (TPSA) is 22.4 Å². The normalized spacial score (nSPS) is 10.2. The Morgan fingerprint density at radius 3 is 2.55 bits per heavy atom. The average Bonchev–Trinajstić information content (AvgIpc) is 3.00. The monoisotopic (exact) mass is 288 g/mol. The molecule has 0 saturated carbocycles. The van der Waals surface area contributed by atoms with Crippen LogP contribution in [0.1, 0.15) is 16.9 Å². The molecule has 0 radical (unpaired) electrons. The molecule has 0 aliphatic carbocycles. The highest BCUT2D eigenvalue weighted by atomic mass is 16.5. The summed E-state index contributed by atoms with van der Waals surface area (Å²) in [5.74, 6) is 5.04. The first kappa shape index (κ1) is 14.0. The number of ether oxygens (including phenoxy) is 1. The molecule has 2 heteroatoms. The highest BCUT2D eigenvalue weighted by Gasteiger charge is 2.08. The molecular weight excluding hydrogens is 272 g/mol. The van der Waals surface area contributed by atoms with Crippen LogP contribution in [0.2, 0.25) is 0 Å². The largest absolute Gasteiger partial charge is 0.488 e. The van der Waals surface area contributed by atoms with Crippen LogP contribution < -0.4 is 4.74 Å². The zero-order valence-electron chi connectivity index (χ0n) is 12.4. The van der Waals surface area contributed by atoms with Gasteiger partial charge < -0.3 is 9.15 Å². The van der Waals surface area contributed by atoms with Crippen molar-refractivity contribution >= 4 is 0 Å². The second kappa shape index (κ2) is 6.24. The second-order valence-electron chi connectivity index (χ2n) is 5.04. The molecule has 0 N–H and O–H groups in total. The highest BCUT2D eigenvalue weighted by Crippen LogP contribution is 2.28. The molecule has 0 atom stereocenters. The fourth-order valence-electron chi connectivity index (χ4n) is 2.24. The molecule has 22 heavy (non-hydrogen) atoms. The zero-order valence-corrected chi connectivity index (χ0v) is 12.4. The Kier molecular flexibility index (Phi) is 3.98. The summed E-state index contributed by atoms with van der Waals surface area (Å²) in [6.45, 7) is 2.41. The Bertz CT molecular complexity index is 807. The third kappa shape index (κ3) is 3.05. The van der Waals surface area contributed by atoms with Crippen LogP contribution in [0.15, 0.2) is 65.1 Å². The molecule has 0 unspecified atom stereocenters. The predicted molar refractivity (Wildman–Crippen MR) is 87.6 cm³/mol. The average molecular weight is 288 g/mol. The van der Waals surface area contributed by atoms with Crippen molar-refractivity contribution in [2.24, 2.45) is 0 Å². The van der Waals surface area contributed by atoms with E-state index >= 15 is 0 Å². The fraction of sp³-hybridized carbons (Fsp3) is 0.100. The minimum Gasteiger partial charge on any atom is -0.488 e. The van der Waals surface area contributed by atoms with Gasteiger partial charge in [-0.2, -0.15) is 0 Å². The van der Waals surface area contributed by atoms with Crippen LogP contribution in [0.4, 0.5) is 0 Å². The van der Waals surface area contributed by atoms with Gasteiger partial charge >= 0.3 is 0 Å². The van der Waals surface area contributed by atoms with E-state index < -0.39 is 0 Å². The Balaban J connectivity index is 1.87. The summed E-state index contributed by atoms with van der Waals surface area (Å²) in [4.78, 5) is 0. The zero-order chi connectivity index (χ0) is 15.4. The van der Waals surface area contributed by atoms with E-state index in [-0.39, 0.29) is 0 Å². The quantitative estimate of drug-likeness (QED) is 0.642. The lowest BCUT2D eigenvalue weighted by Crippen LogP contribution is -1.97. The Labute approximate surface area is 130 Å². The van der Waals surface area contributed by atoms with Crippen LogP contribution in [-0.4, -0.2) is 0 Å². The van der Waals surface area contributed by atoms with E-state index in [0.717, 1.165) is 28.2 Å². The summed E-state index contributed by atoms with van der Waals surface area (Å²) in [5, 5.41) is 0. The van der Waals surface area contributed by atoms with E-state index in [1.54, 1.807) is 0 Å². The number of rotatable bonds is 4. The molecule has 1 aromatic heterocycles. The van der Waals surface area contributed by atoms with Crippen molar-refractivity contribution in [3.8, 4) is 29.4 Å². The van der Waals surface area contributed by atoms with Gasteiger partial charge in [-0.05, 0) is 42.8 Å². The highest BCUT2D eigenvalue weighted by molar-refractivity contribution is 5.63. The molecule has 2 aromatic carbocycles. The lowest BCUT2D eigenvalue weighted by Gasteiger charge is -2.10. The van der Waals surface area contributed by atoms with Crippen molar-refractivity contribution in [2.75, 3.05) is 0 Å². The molecule has 0 fully saturated rings. The van der Waals surface area contributed by atoms with E-state index in [1.165, 1.54) is 0 Å². The Morgan fingerprint density at radius 2 is 1.86 bits per heavy atom. The molecule has 0 amide bonds. The lowest BCUT2D eigenvalue weighted by atomic mass is 10.1. The van der Waals surface area contributed by atoms with Gasteiger partial charge in [0.25, 0.3) is 0 Å². The third-order valence-electron chi connectivity index (χ3n) is 3.40. The summed E-state index contributed by atoms with van der Waals surface area (Å²) in [6.07, 6.45) is 5.56. The van der Waals surface area contributed by atoms with Gasteiger partial charge in [0, 0.05) is 5.56 Å². The Hall–Kier alpha value is -2.92. The van der Waals surface area contributed by atoms with Crippen LogP contribution in [-0.2, 0) is 6.61 Å². The first-order chi connectivity index (χ1) is 10.8. The van der Waals surface area contributed by atoms with Crippen LogP contribution in [0, 0.1) is 19.3 Å². The van der Waals surface area contributed by atoms with Crippen molar-refractivity contribution in [3.63, 3.8) is 0 Å².